The number of amides is 1. The Kier molecular flexibility index (Phi) is 15.3. The Morgan fingerprint density at radius 2 is 1.95 bits per heavy atom. The number of hydrogen-bond acceptors (Lipinski definition) is 14. The Hall–Kier alpha value is -1.79. The number of carbonyl (C=O) groups is 1. The Labute approximate surface area is 263 Å². The zero-order valence-corrected chi connectivity index (χ0v) is 26.1. The number of unbranched alkanes of at least 4 members (excludes halogenated alkanes) is 1. The van der Waals surface area contributed by atoms with Crippen LogP contribution in [0.2, 0.25) is 0 Å². The molecule has 248 valence electrons. The number of nitrogens with one attached hydrogen (secondary N) is 2. The minimum Gasteiger partial charge on any atom is -0.394 e. The average Bonchev–Trinajstić information content (AvgIpc) is 3.54. The largest absolute Gasteiger partial charge is 0.430 e. The van der Waals surface area contributed by atoms with E-state index in [2.05, 4.69) is 10.6 Å². The van der Waals surface area contributed by atoms with Crippen LogP contribution in [0.4, 0.5) is 11.4 Å². The van der Waals surface area contributed by atoms with Crippen molar-refractivity contribution in [2.45, 2.75) is 92.9 Å². The number of carbonyl (C=O) groups excluding carboxylic acids is 2. The summed E-state index contributed by atoms with van der Waals surface area (Å²) in [5, 5.41) is 77.8. The summed E-state index contributed by atoms with van der Waals surface area (Å²) in [6.07, 6.45) is -6.87. The lowest BCUT2D eigenvalue weighted by molar-refractivity contribution is -0.438. The number of benzene rings is 1. The fraction of sp³-hybridized carbons (Fsp3) is 0.714. The number of nitrogens with zero attached hydrogens (tertiary/aromatic N) is 1. The molecular formula is C28H44N3O11S2+. The normalized spacial score (nSPS) is 28.0. The van der Waals surface area contributed by atoms with E-state index in [1.54, 1.807) is 24.3 Å². The average molecular weight is 663 g/mol. The Morgan fingerprint density at radius 1 is 1.18 bits per heavy atom. The van der Waals surface area contributed by atoms with Crippen molar-refractivity contribution < 1.29 is 59.4 Å². The van der Waals surface area contributed by atoms with Gasteiger partial charge >= 0.3 is 6.08 Å². The van der Waals surface area contributed by atoms with Crippen molar-refractivity contribution in [3.63, 3.8) is 0 Å². The van der Waals surface area contributed by atoms with Crippen LogP contribution < -0.4 is 10.6 Å². The van der Waals surface area contributed by atoms with Crippen LogP contribution in [0.3, 0.4) is 0 Å². The maximum absolute atomic E-state index is 11.8. The van der Waals surface area contributed by atoms with E-state index in [0.29, 0.717) is 23.2 Å². The van der Waals surface area contributed by atoms with Gasteiger partial charge in [0, 0.05) is 48.7 Å². The van der Waals surface area contributed by atoms with Crippen molar-refractivity contribution in [3.8, 4) is 0 Å². The van der Waals surface area contributed by atoms with Crippen LogP contribution in [0, 0.1) is 0 Å². The standard InChI is InChI=1S/C28H43N3O11S2/c1-16(35)30-23-26(40)25(39)22(14-33)41-28(23)42-27(24(38)21(37)13-32)20(36)12-29-17-5-4-6-18(11-17)31(15-34)9-3-2-7-19-8-10-43-44-19/h4-6,11,19-29,32-33,36-40H,2-3,7-10,12-14H2,1H3/p+1. The lowest BCUT2D eigenvalue weighted by Gasteiger charge is -2.44. The minimum absolute atomic E-state index is 0.253. The van der Waals surface area contributed by atoms with Gasteiger partial charge in [-0.15, -0.1) is 4.58 Å². The molecule has 2 fully saturated rings. The zero-order valence-electron chi connectivity index (χ0n) is 24.5. The molecule has 2 saturated heterocycles. The number of rotatable bonds is 17. The summed E-state index contributed by atoms with van der Waals surface area (Å²) in [7, 11) is 3.82. The minimum atomic E-state index is -1.86. The summed E-state index contributed by atoms with van der Waals surface area (Å²) < 4.78 is 12.8. The first-order valence-corrected chi connectivity index (χ1v) is 16.9. The fourth-order valence-electron chi connectivity index (χ4n) is 5.02. The monoisotopic (exact) mass is 662 g/mol. The van der Waals surface area contributed by atoms with Crippen LogP contribution in [0.1, 0.15) is 32.6 Å². The van der Waals surface area contributed by atoms with Crippen molar-refractivity contribution in [1.82, 2.24) is 5.32 Å². The number of aliphatic hydroxyl groups excluding tert-OH is 7. The molecule has 10 unspecified atom stereocenters. The van der Waals surface area contributed by atoms with E-state index in [9.17, 15) is 45.3 Å². The molecule has 0 radical (unpaired) electrons. The first-order chi connectivity index (χ1) is 21.1. The molecule has 9 N–H and O–H groups in total. The fourth-order valence-corrected chi connectivity index (χ4v) is 8.05. The summed E-state index contributed by atoms with van der Waals surface area (Å²) in [6, 6.07) is 5.49. The molecule has 10 atom stereocenters. The molecule has 0 saturated carbocycles. The van der Waals surface area contributed by atoms with E-state index < -0.39 is 74.2 Å². The van der Waals surface area contributed by atoms with E-state index in [1.807, 2.05) is 27.7 Å². The Bertz CT molecular complexity index is 1090. The molecule has 1 aromatic carbocycles. The van der Waals surface area contributed by atoms with Gasteiger partial charge in [0.25, 0.3) is 0 Å². The van der Waals surface area contributed by atoms with E-state index in [0.717, 1.165) is 26.2 Å². The zero-order chi connectivity index (χ0) is 32.2. The lowest BCUT2D eigenvalue weighted by atomic mass is 9.96. The third-order valence-corrected chi connectivity index (χ3v) is 10.5. The first kappa shape index (κ1) is 36.7. The van der Waals surface area contributed by atoms with Crippen molar-refractivity contribution in [3.05, 3.63) is 24.3 Å². The Morgan fingerprint density at radius 3 is 2.59 bits per heavy atom. The number of ether oxygens (including phenoxy) is 2. The molecule has 2 aliphatic rings. The van der Waals surface area contributed by atoms with Gasteiger partial charge in [0.15, 0.2) is 12.8 Å². The van der Waals surface area contributed by atoms with E-state index >= 15 is 0 Å². The first-order valence-electron chi connectivity index (χ1n) is 14.6. The second-order valence-corrected chi connectivity index (χ2v) is 13.6. The Balaban J connectivity index is 1.68. The molecule has 0 aliphatic carbocycles. The maximum atomic E-state index is 11.8. The molecule has 14 nitrogen and oxygen atoms in total. The van der Waals surface area contributed by atoms with Crippen LogP contribution >= 0.6 is 21.6 Å². The molecule has 0 bridgehead atoms. The smallest absolute Gasteiger partial charge is 0.394 e. The van der Waals surface area contributed by atoms with Gasteiger partial charge in [-0.2, -0.15) is 4.79 Å². The van der Waals surface area contributed by atoms with Crippen LogP contribution in [0.15, 0.2) is 24.3 Å². The topological polar surface area (TPSA) is 221 Å². The van der Waals surface area contributed by atoms with Crippen LogP contribution in [0.5, 0.6) is 0 Å². The number of isocyanates is 1. The molecule has 0 aromatic heterocycles. The van der Waals surface area contributed by atoms with Crippen LogP contribution in [-0.2, 0) is 19.1 Å². The molecule has 0 spiro atoms. The van der Waals surface area contributed by atoms with Gasteiger partial charge in [-0.05, 0) is 25.3 Å². The van der Waals surface area contributed by atoms with Crippen molar-refractivity contribution >= 4 is 44.9 Å². The maximum Gasteiger partial charge on any atom is 0.430 e. The predicted octanol–water partition coefficient (Wildman–Crippen LogP) is -1.19. The molecule has 2 aliphatic heterocycles. The highest BCUT2D eigenvalue weighted by Crippen LogP contribution is 2.39. The molecule has 3 rings (SSSR count). The van der Waals surface area contributed by atoms with Crippen molar-refractivity contribution in [2.24, 2.45) is 0 Å². The van der Waals surface area contributed by atoms with Gasteiger partial charge in [0.2, 0.25) is 11.6 Å². The number of hydrogen-bond donors (Lipinski definition) is 9. The van der Waals surface area contributed by atoms with Crippen LogP contribution in [-0.4, -0.2) is 145 Å². The van der Waals surface area contributed by atoms with Gasteiger partial charge in [-0.3, -0.25) is 4.79 Å². The number of anilines is 1. The number of aliphatic hydroxyl groups is 7. The molecule has 2 heterocycles. The highest BCUT2D eigenvalue weighted by Gasteiger charge is 2.48. The second-order valence-electron chi connectivity index (χ2n) is 10.8. The summed E-state index contributed by atoms with van der Waals surface area (Å²) in [4.78, 5) is 23.5. The SMILES string of the molecule is CC(=O)NC1C(OC(C(O)CNc2cccc([N+](=C=O)CCCCC3CCSS3)c2)C(O)C(O)CO)OC(CO)C(O)C1O. The van der Waals surface area contributed by atoms with Gasteiger partial charge in [-0.1, -0.05) is 27.7 Å². The highest BCUT2D eigenvalue weighted by atomic mass is 33.1. The van der Waals surface area contributed by atoms with Crippen molar-refractivity contribution in [1.29, 1.82) is 0 Å². The van der Waals surface area contributed by atoms with Crippen LogP contribution in [0.25, 0.3) is 0 Å². The summed E-state index contributed by atoms with van der Waals surface area (Å²) in [5.41, 5.74) is 1.10. The van der Waals surface area contributed by atoms with E-state index in [-0.39, 0.29) is 6.54 Å². The molecular weight excluding hydrogens is 618 g/mol. The van der Waals surface area contributed by atoms with Crippen molar-refractivity contribution in [2.75, 3.05) is 37.4 Å². The lowest BCUT2D eigenvalue weighted by Crippen LogP contribution is -2.66. The third-order valence-electron chi connectivity index (χ3n) is 7.51. The molecule has 1 aromatic rings. The molecule has 44 heavy (non-hydrogen) atoms. The van der Waals surface area contributed by atoms with Gasteiger partial charge in [-0.25, -0.2) is 0 Å². The summed E-state index contributed by atoms with van der Waals surface area (Å²) in [6.45, 7) is -0.195. The van der Waals surface area contributed by atoms with E-state index in [4.69, 9.17) is 9.47 Å². The quantitative estimate of drug-likeness (QED) is 0.0315. The van der Waals surface area contributed by atoms with Gasteiger partial charge in [0.1, 0.15) is 48.8 Å². The highest BCUT2D eigenvalue weighted by molar-refractivity contribution is 8.77. The van der Waals surface area contributed by atoms with E-state index in [1.165, 1.54) is 16.7 Å². The summed E-state index contributed by atoms with van der Waals surface area (Å²) >= 11 is 0. The molecule has 16 heteroatoms. The van der Waals surface area contributed by atoms with Gasteiger partial charge in [0.05, 0.1) is 13.2 Å². The third kappa shape index (κ3) is 10.4. The van der Waals surface area contributed by atoms with Gasteiger partial charge < -0.3 is 55.9 Å². The predicted molar refractivity (Wildman–Crippen MR) is 163 cm³/mol. The summed E-state index contributed by atoms with van der Waals surface area (Å²) in [5.74, 6) is 0.569. The second kappa shape index (κ2) is 18.4. The molecule has 1 amide bonds.